The predicted octanol–water partition coefficient (Wildman–Crippen LogP) is 5.36. The van der Waals surface area contributed by atoms with Gasteiger partial charge < -0.3 is 19.5 Å². The third kappa shape index (κ3) is 4.38. The molecule has 0 aromatic heterocycles. The molecule has 4 rings (SSSR count). The van der Waals surface area contributed by atoms with Gasteiger partial charge in [-0.25, -0.2) is 0 Å². The first-order valence-electron chi connectivity index (χ1n) is 11.2. The number of amides is 1. The number of hydrogen-bond acceptors (Lipinski definition) is 6. The van der Waals surface area contributed by atoms with Gasteiger partial charge in [0.15, 0.2) is 0 Å². The van der Waals surface area contributed by atoms with Crippen LogP contribution in [-0.4, -0.2) is 45.1 Å². The minimum absolute atomic E-state index is 0.0568. The second-order valence-electron chi connectivity index (χ2n) is 8.68. The van der Waals surface area contributed by atoms with Crippen LogP contribution >= 0.6 is 11.6 Å². The van der Waals surface area contributed by atoms with Crippen LogP contribution in [0.3, 0.4) is 0 Å². The molecule has 1 fully saturated rings. The summed E-state index contributed by atoms with van der Waals surface area (Å²) in [6.45, 7) is 1.91. The highest BCUT2D eigenvalue weighted by molar-refractivity contribution is 6.51. The van der Waals surface area contributed by atoms with E-state index in [1.54, 1.807) is 6.07 Å². The van der Waals surface area contributed by atoms with E-state index in [-0.39, 0.29) is 27.7 Å². The molecule has 1 aliphatic heterocycles. The molecule has 1 saturated heterocycles. The summed E-state index contributed by atoms with van der Waals surface area (Å²) in [7, 11) is 6.74. The molecular weight excluding hydrogens is 480 g/mol. The third-order valence-electron chi connectivity index (χ3n) is 6.18. The molecule has 1 amide bonds. The van der Waals surface area contributed by atoms with Crippen molar-refractivity contribution in [2.45, 2.75) is 13.0 Å². The number of methoxy groups -OCH3 is 2. The molecule has 0 radical (unpaired) electrons. The fourth-order valence-corrected chi connectivity index (χ4v) is 4.58. The smallest absolute Gasteiger partial charge is 0.300 e. The zero-order chi connectivity index (χ0) is 26.1. The number of nitrogens with zero attached hydrogens (tertiary/aromatic N) is 2. The molecule has 7 nitrogen and oxygen atoms in total. The number of aliphatic hydroxyl groups is 1. The number of carbonyl (C=O) groups is 2. The summed E-state index contributed by atoms with van der Waals surface area (Å²) < 4.78 is 10.7. The minimum atomic E-state index is -0.867. The zero-order valence-corrected chi connectivity index (χ0v) is 21.5. The molecule has 36 heavy (non-hydrogen) atoms. The van der Waals surface area contributed by atoms with Crippen LogP contribution < -0.4 is 19.3 Å². The lowest BCUT2D eigenvalue weighted by molar-refractivity contribution is -0.132. The molecule has 0 spiro atoms. The van der Waals surface area contributed by atoms with E-state index in [4.69, 9.17) is 21.1 Å². The molecule has 1 unspecified atom stereocenters. The van der Waals surface area contributed by atoms with Crippen LogP contribution in [0.5, 0.6) is 11.5 Å². The first-order valence-corrected chi connectivity index (χ1v) is 11.6. The van der Waals surface area contributed by atoms with E-state index in [1.165, 1.54) is 31.3 Å². The van der Waals surface area contributed by atoms with Gasteiger partial charge >= 0.3 is 0 Å². The highest BCUT2D eigenvalue weighted by Crippen LogP contribution is 2.45. The van der Waals surface area contributed by atoms with Gasteiger partial charge in [-0.05, 0) is 48.4 Å². The number of halogens is 1. The van der Waals surface area contributed by atoms with Gasteiger partial charge in [-0.15, -0.1) is 0 Å². The molecular formula is C28H27ClN2O5. The van der Waals surface area contributed by atoms with Crippen LogP contribution in [0.2, 0.25) is 5.02 Å². The van der Waals surface area contributed by atoms with E-state index < -0.39 is 17.7 Å². The van der Waals surface area contributed by atoms with Crippen molar-refractivity contribution >= 4 is 40.4 Å². The molecule has 8 heteroatoms. The minimum Gasteiger partial charge on any atom is -0.507 e. The summed E-state index contributed by atoms with van der Waals surface area (Å²) in [4.78, 5) is 30.2. The van der Waals surface area contributed by atoms with Crippen LogP contribution in [0.4, 0.5) is 11.4 Å². The van der Waals surface area contributed by atoms with Gasteiger partial charge in [0, 0.05) is 31.5 Å². The Kier molecular flexibility index (Phi) is 6.95. The lowest BCUT2D eigenvalue weighted by Crippen LogP contribution is -2.29. The SMILES string of the molecule is COc1cc(OC)c(/C(O)=C2\C(=O)C(=O)N(c3cccc(C)c3)C2c2ccc(N(C)C)cc2)cc1Cl. The van der Waals surface area contributed by atoms with E-state index in [1.807, 2.05) is 68.4 Å². The van der Waals surface area contributed by atoms with Gasteiger partial charge in [0.1, 0.15) is 17.3 Å². The molecule has 1 atom stereocenters. The highest BCUT2D eigenvalue weighted by Gasteiger charge is 2.47. The summed E-state index contributed by atoms with van der Waals surface area (Å²) in [6.07, 6.45) is 0. The number of aryl methyl sites for hydroxylation is 1. The molecule has 3 aromatic rings. The summed E-state index contributed by atoms with van der Waals surface area (Å²) in [5.41, 5.74) is 3.23. The maximum Gasteiger partial charge on any atom is 0.300 e. The number of anilines is 2. The van der Waals surface area contributed by atoms with E-state index >= 15 is 0 Å². The van der Waals surface area contributed by atoms with E-state index in [0.29, 0.717) is 17.0 Å². The zero-order valence-electron chi connectivity index (χ0n) is 20.7. The Bertz CT molecular complexity index is 1360. The summed E-state index contributed by atoms with van der Waals surface area (Å²) in [6, 6.07) is 16.9. The molecule has 0 aliphatic carbocycles. The standard InChI is InChI=1S/C28H27ClN2O5/c1-16-7-6-8-19(13-16)31-25(17-9-11-18(12-10-17)30(2)3)24(27(33)28(31)34)26(32)20-14-21(29)23(36-5)15-22(20)35-4/h6-15,25,32H,1-5H3/b26-24+. The topological polar surface area (TPSA) is 79.3 Å². The van der Waals surface area contributed by atoms with Crippen molar-refractivity contribution in [2.75, 3.05) is 38.1 Å². The Morgan fingerprint density at radius 3 is 2.22 bits per heavy atom. The van der Waals surface area contributed by atoms with Crippen LogP contribution in [0.25, 0.3) is 5.76 Å². The van der Waals surface area contributed by atoms with Crippen LogP contribution in [0, 0.1) is 6.92 Å². The maximum absolute atomic E-state index is 13.4. The summed E-state index contributed by atoms with van der Waals surface area (Å²) >= 11 is 6.34. The Morgan fingerprint density at radius 1 is 0.972 bits per heavy atom. The summed E-state index contributed by atoms with van der Waals surface area (Å²) in [5.74, 6) is -1.32. The molecule has 0 saturated carbocycles. The first-order chi connectivity index (χ1) is 17.2. The lowest BCUT2D eigenvalue weighted by Gasteiger charge is -2.26. The molecule has 186 valence electrons. The van der Waals surface area contributed by atoms with Gasteiger partial charge in [0.2, 0.25) is 0 Å². The highest BCUT2D eigenvalue weighted by atomic mass is 35.5. The lowest BCUT2D eigenvalue weighted by atomic mass is 9.94. The monoisotopic (exact) mass is 506 g/mol. The quantitative estimate of drug-likeness (QED) is 0.275. The molecule has 1 heterocycles. The van der Waals surface area contributed by atoms with Gasteiger partial charge in [0.25, 0.3) is 11.7 Å². The van der Waals surface area contributed by atoms with E-state index in [2.05, 4.69) is 0 Å². The van der Waals surface area contributed by atoms with E-state index in [0.717, 1.165) is 11.3 Å². The number of ketones is 1. The Labute approximate surface area is 215 Å². The number of carbonyl (C=O) groups excluding carboxylic acids is 2. The normalized spacial score (nSPS) is 16.8. The average Bonchev–Trinajstić information content (AvgIpc) is 3.13. The van der Waals surface area contributed by atoms with Crippen molar-refractivity contribution < 1.29 is 24.2 Å². The fourth-order valence-electron chi connectivity index (χ4n) is 4.34. The number of Topliss-reactive ketones (excluding diaryl/α,β-unsaturated/α-hetero) is 1. The van der Waals surface area contributed by atoms with Crippen molar-refractivity contribution in [2.24, 2.45) is 0 Å². The summed E-state index contributed by atoms with van der Waals surface area (Å²) in [5, 5.41) is 11.7. The Hall–Kier alpha value is -3.97. The van der Waals surface area contributed by atoms with E-state index in [9.17, 15) is 14.7 Å². The van der Waals surface area contributed by atoms with Crippen molar-refractivity contribution in [3.05, 3.63) is 87.9 Å². The van der Waals surface area contributed by atoms with Crippen LogP contribution in [0.1, 0.15) is 22.7 Å². The van der Waals surface area contributed by atoms with Crippen molar-refractivity contribution in [1.29, 1.82) is 0 Å². The van der Waals surface area contributed by atoms with Crippen LogP contribution in [0.15, 0.2) is 66.2 Å². The fraction of sp³-hybridized carbons (Fsp3) is 0.214. The predicted molar refractivity (Wildman–Crippen MR) is 141 cm³/mol. The maximum atomic E-state index is 13.4. The van der Waals surface area contributed by atoms with Crippen molar-refractivity contribution in [3.63, 3.8) is 0 Å². The molecule has 1 aliphatic rings. The second-order valence-corrected chi connectivity index (χ2v) is 9.09. The second kappa shape index (κ2) is 9.95. The molecule has 3 aromatic carbocycles. The van der Waals surface area contributed by atoms with Gasteiger partial charge in [0.05, 0.1) is 36.4 Å². The van der Waals surface area contributed by atoms with Crippen molar-refractivity contribution in [3.8, 4) is 11.5 Å². The molecule has 0 bridgehead atoms. The number of aliphatic hydroxyl groups excluding tert-OH is 1. The number of ether oxygens (including phenoxy) is 2. The van der Waals surface area contributed by atoms with Gasteiger partial charge in [-0.1, -0.05) is 35.9 Å². The van der Waals surface area contributed by atoms with Crippen LogP contribution in [-0.2, 0) is 9.59 Å². The Morgan fingerprint density at radius 2 is 1.64 bits per heavy atom. The first kappa shape index (κ1) is 25.1. The number of benzene rings is 3. The largest absolute Gasteiger partial charge is 0.507 e. The number of hydrogen-bond donors (Lipinski definition) is 1. The van der Waals surface area contributed by atoms with Crippen molar-refractivity contribution in [1.82, 2.24) is 0 Å². The van der Waals surface area contributed by atoms with Gasteiger partial charge in [-0.3, -0.25) is 14.5 Å². The average molecular weight is 507 g/mol. The number of rotatable bonds is 6. The Balaban J connectivity index is 1.98. The molecule has 1 N–H and O–H groups in total. The third-order valence-corrected chi connectivity index (χ3v) is 6.47. The van der Waals surface area contributed by atoms with Gasteiger partial charge in [-0.2, -0.15) is 0 Å².